The van der Waals surface area contributed by atoms with Crippen LogP contribution in [0.1, 0.15) is 25.8 Å². The highest BCUT2D eigenvalue weighted by Crippen LogP contribution is 2.28. The average Bonchev–Trinajstić information content (AvgIpc) is 3.07. The highest BCUT2D eigenvalue weighted by Gasteiger charge is 2.43. The maximum Gasteiger partial charge on any atom is 0.257 e. The largest absolute Gasteiger partial charge is 0.497 e. The first-order valence-electron chi connectivity index (χ1n) is 10.3. The van der Waals surface area contributed by atoms with Crippen LogP contribution >= 0.6 is 12.2 Å². The molecule has 0 bridgehead atoms. The van der Waals surface area contributed by atoms with Gasteiger partial charge in [0.05, 0.1) is 25.8 Å². The molecular formula is C23H27N3O4S. The van der Waals surface area contributed by atoms with Gasteiger partial charge in [-0.05, 0) is 68.0 Å². The summed E-state index contributed by atoms with van der Waals surface area (Å²) in [6.07, 6.45) is 0.0632. The number of anilines is 1. The van der Waals surface area contributed by atoms with Gasteiger partial charge in [-0.1, -0.05) is 12.1 Å². The van der Waals surface area contributed by atoms with Crippen molar-refractivity contribution >= 4 is 34.8 Å². The Morgan fingerprint density at radius 1 is 1.10 bits per heavy atom. The number of benzene rings is 2. The predicted octanol–water partition coefficient (Wildman–Crippen LogP) is 3.12. The molecule has 1 aliphatic heterocycles. The number of amides is 2. The van der Waals surface area contributed by atoms with Crippen LogP contribution in [-0.2, 0) is 16.1 Å². The third kappa shape index (κ3) is 5.14. The van der Waals surface area contributed by atoms with Crippen LogP contribution < -0.4 is 19.7 Å². The molecule has 0 spiro atoms. The Kier molecular flexibility index (Phi) is 7.46. The van der Waals surface area contributed by atoms with E-state index < -0.39 is 6.04 Å². The van der Waals surface area contributed by atoms with Crippen molar-refractivity contribution in [2.45, 2.75) is 32.9 Å². The average molecular weight is 442 g/mol. The van der Waals surface area contributed by atoms with E-state index >= 15 is 0 Å². The Hall–Kier alpha value is -3.13. The number of nitrogens with zero attached hydrogens (tertiary/aromatic N) is 2. The van der Waals surface area contributed by atoms with Crippen molar-refractivity contribution in [3.05, 3.63) is 54.1 Å². The number of thiocarbonyl (C=S) groups is 1. The lowest BCUT2D eigenvalue weighted by Gasteiger charge is -2.30. The van der Waals surface area contributed by atoms with Crippen molar-refractivity contribution in [2.24, 2.45) is 0 Å². The summed E-state index contributed by atoms with van der Waals surface area (Å²) >= 11 is 5.54. The molecule has 2 aromatic rings. The molecule has 164 valence electrons. The molecule has 2 amide bonds. The van der Waals surface area contributed by atoms with Gasteiger partial charge in [-0.15, -0.1) is 0 Å². The Labute approximate surface area is 187 Å². The minimum Gasteiger partial charge on any atom is -0.497 e. The van der Waals surface area contributed by atoms with Crippen molar-refractivity contribution in [2.75, 3.05) is 25.2 Å². The van der Waals surface area contributed by atoms with Gasteiger partial charge in [0, 0.05) is 13.1 Å². The van der Waals surface area contributed by atoms with E-state index in [1.165, 1.54) is 4.90 Å². The van der Waals surface area contributed by atoms with Crippen molar-refractivity contribution in [3.63, 3.8) is 0 Å². The van der Waals surface area contributed by atoms with Crippen LogP contribution in [0.2, 0.25) is 0 Å². The molecule has 3 rings (SSSR count). The smallest absolute Gasteiger partial charge is 0.257 e. The van der Waals surface area contributed by atoms with Gasteiger partial charge in [0.25, 0.3) is 5.91 Å². The maximum absolute atomic E-state index is 13.3. The lowest BCUT2D eigenvalue weighted by molar-refractivity contribution is -0.122. The summed E-state index contributed by atoms with van der Waals surface area (Å²) in [5, 5.41) is 3.55. The van der Waals surface area contributed by atoms with Crippen molar-refractivity contribution in [1.29, 1.82) is 0 Å². The van der Waals surface area contributed by atoms with Crippen molar-refractivity contribution < 1.29 is 19.1 Å². The molecule has 7 nitrogen and oxygen atoms in total. The molecule has 0 saturated carbocycles. The Balaban J connectivity index is 1.84. The summed E-state index contributed by atoms with van der Waals surface area (Å²) in [6.45, 7) is 5.40. The van der Waals surface area contributed by atoms with Gasteiger partial charge in [-0.3, -0.25) is 9.59 Å². The first-order chi connectivity index (χ1) is 15.0. The van der Waals surface area contributed by atoms with Gasteiger partial charge >= 0.3 is 0 Å². The van der Waals surface area contributed by atoms with Crippen LogP contribution in [-0.4, -0.2) is 48.1 Å². The van der Waals surface area contributed by atoms with E-state index in [4.69, 9.17) is 21.7 Å². The SMILES string of the molecule is CCNC(=S)N(Cc1ccc(OC)cc1)[C@H]1CC(=O)N(c2ccc(OCC)cc2)C1=O. The van der Waals surface area contributed by atoms with Crippen molar-refractivity contribution in [1.82, 2.24) is 10.2 Å². The first kappa shape index (κ1) is 22.6. The number of carbonyl (C=O) groups excluding carboxylic acids is 2. The number of nitrogens with one attached hydrogen (secondary N) is 1. The zero-order chi connectivity index (χ0) is 22.4. The van der Waals surface area contributed by atoms with E-state index in [1.807, 2.05) is 38.1 Å². The topological polar surface area (TPSA) is 71.1 Å². The fourth-order valence-electron chi connectivity index (χ4n) is 3.49. The number of rotatable bonds is 8. The molecule has 0 radical (unpaired) electrons. The quantitative estimate of drug-likeness (QED) is 0.499. The van der Waals surface area contributed by atoms with E-state index in [0.717, 1.165) is 11.3 Å². The number of imide groups is 1. The van der Waals surface area contributed by atoms with E-state index in [0.29, 0.717) is 36.2 Å². The fraction of sp³-hybridized carbons (Fsp3) is 0.348. The first-order valence-corrected chi connectivity index (χ1v) is 10.7. The summed E-state index contributed by atoms with van der Waals surface area (Å²) in [4.78, 5) is 29.1. The number of ether oxygens (including phenoxy) is 2. The summed E-state index contributed by atoms with van der Waals surface area (Å²) in [5.41, 5.74) is 1.49. The van der Waals surface area contributed by atoms with E-state index in [-0.39, 0.29) is 18.2 Å². The normalized spacial score (nSPS) is 15.7. The van der Waals surface area contributed by atoms with E-state index in [9.17, 15) is 9.59 Å². The highest BCUT2D eigenvalue weighted by molar-refractivity contribution is 7.80. The Morgan fingerprint density at radius 3 is 2.32 bits per heavy atom. The molecule has 1 fully saturated rings. The number of carbonyl (C=O) groups is 2. The van der Waals surface area contributed by atoms with Gasteiger partial charge in [0.2, 0.25) is 5.91 Å². The molecule has 1 saturated heterocycles. The Morgan fingerprint density at radius 2 is 1.74 bits per heavy atom. The van der Waals surface area contributed by atoms with Crippen LogP contribution in [0.25, 0.3) is 0 Å². The van der Waals surface area contributed by atoms with Crippen LogP contribution in [0.4, 0.5) is 5.69 Å². The molecule has 0 aliphatic carbocycles. The number of methoxy groups -OCH3 is 1. The summed E-state index contributed by atoms with van der Waals surface area (Å²) in [5.74, 6) is 0.899. The zero-order valence-electron chi connectivity index (χ0n) is 18.0. The summed E-state index contributed by atoms with van der Waals surface area (Å²) in [6, 6.07) is 13.8. The third-order valence-electron chi connectivity index (χ3n) is 5.01. The molecular weight excluding hydrogens is 414 g/mol. The van der Waals surface area contributed by atoms with Gasteiger partial charge in [0.15, 0.2) is 5.11 Å². The second kappa shape index (κ2) is 10.3. The standard InChI is InChI=1S/C23H27N3O4S/c1-4-24-23(31)25(15-16-6-10-18(29-3)11-7-16)20-14-21(27)26(22(20)28)17-8-12-19(13-9-17)30-5-2/h6-13,20H,4-5,14-15H2,1-3H3,(H,24,31)/t20-/m0/s1. The van der Waals surface area contributed by atoms with Crippen LogP contribution in [0.3, 0.4) is 0 Å². The molecule has 2 aromatic carbocycles. The number of hydrogen-bond acceptors (Lipinski definition) is 5. The molecule has 0 aromatic heterocycles. The van der Waals surface area contributed by atoms with Crippen LogP contribution in [0.15, 0.2) is 48.5 Å². The number of hydrogen-bond donors (Lipinski definition) is 1. The highest BCUT2D eigenvalue weighted by atomic mass is 32.1. The lowest BCUT2D eigenvalue weighted by Crippen LogP contribution is -2.49. The van der Waals surface area contributed by atoms with E-state index in [2.05, 4.69) is 5.32 Å². The minimum atomic E-state index is -0.673. The predicted molar refractivity (Wildman–Crippen MR) is 123 cm³/mol. The lowest BCUT2D eigenvalue weighted by atomic mass is 10.1. The minimum absolute atomic E-state index is 0.0632. The monoisotopic (exact) mass is 441 g/mol. The molecule has 1 atom stereocenters. The molecule has 31 heavy (non-hydrogen) atoms. The summed E-state index contributed by atoms with van der Waals surface area (Å²) in [7, 11) is 1.61. The van der Waals surface area contributed by atoms with Crippen molar-refractivity contribution in [3.8, 4) is 11.5 Å². The molecule has 1 N–H and O–H groups in total. The van der Waals surface area contributed by atoms with Gasteiger partial charge in [-0.25, -0.2) is 4.90 Å². The molecule has 1 heterocycles. The molecule has 0 unspecified atom stereocenters. The fourth-order valence-corrected chi connectivity index (χ4v) is 3.83. The van der Waals surface area contributed by atoms with E-state index in [1.54, 1.807) is 36.3 Å². The molecule has 1 aliphatic rings. The summed E-state index contributed by atoms with van der Waals surface area (Å²) < 4.78 is 10.7. The second-order valence-corrected chi connectivity index (χ2v) is 7.41. The van der Waals surface area contributed by atoms with Gasteiger partial charge < -0.3 is 19.7 Å². The van der Waals surface area contributed by atoms with Crippen LogP contribution in [0.5, 0.6) is 11.5 Å². The van der Waals surface area contributed by atoms with Gasteiger partial charge in [0.1, 0.15) is 17.5 Å². The Bertz CT molecular complexity index is 931. The van der Waals surface area contributed by atoms with Gasteiger partial charge in [-0.2, -0.15) is 0 Å². The zero-order valence-corrected chi connectivity index (χ0v) is 18.8. The third-order valence-corrected chi connectivity index (χ3v) is 5.38. The molecule has 8 heteroatoms. The second-order valence-electron chi connectivity index (χ2n) is 7.03. The van der Waals surface area contributed by atoms with Crippen LogP contribution in [0, 0.1) is 0 Å². The maximum atomic E-state index is 13.3.